The van der Waals surface area contributed by atoms with Crippen molar-refractivity contribution in [1.29, 1.82) is 0 Å². The van der Waals surface area contributed by atoms with E-state index in [4.69, 9.17) is 0 Å². The molecule has 0 bridgehead atoms. The summed E-state index contributed by atoms with van der Waals surface area (Å²) in [6.07, 6.45) is 0. The van der Waals surface area contributed by atoms with Crippen LogP contribution in [0, 0.1) is 0 Å². The number of para-hydroxylation sites is 1. The Morgan fingerprint density at radius 1 is 0.625 bits per heavy atom. The van der Waals surface area contributed by atoms with Gasteiger partial charge in [0.15, 0.2) is 0 Å². The summed E-state index contributed by atoms with van der Waals surface area (Å²) in [5.41, 5.74) is 10.8. The normalized spacial score (nSPS) is 15.0. The molecule has 2 heteroatoms. The second-order valence-corrected chi connectivity index (χ2v) is 9.86. The fraction of sp³-hybridized carbons (Fsp3) is 0.133. The summed E-state index contributed by atoms with van der Waals surface area (Å²) < 4.78 is 4.96. The molecule has 3 aromatic heterocycles. The summed E-state index contributed by atoms with van der Waals surface area (Å²) in [4.78, 5) is 0. The van der Waals surface area contributed by atoms with Gasteiger partial charge in [-0.25, -0.2) is 0 Å². The molecule has 1 aliphatic rings. The number of hydrogen-bond donors (Lipinski definition) is 0. The topological polar surface area (TPSA) is 9.34 Å². The number of benzene rings is 4. The van der Waals surface area contributed by atoms with Crippen LogP contribution in [0.4, 0.5) is 0 Å². The molecule has 0 spiro atoms. The Hall–Kier alpha value is -3.78. The standard InChI is InChI=1S/C30H22N2/c1-30(2)21-12-6-4-10-19(21)25-20-15-16-24-27-26-18(11-8-14-23(26)31(24)3)17-9-5-7-13-22(17)32(28(20)27)29(25)30/h4-16H,1-3H3. The molecular weight excluding hydrogens is 388 g/mol. The van der Waals surface area contributed by atoms with Gasteiger partial charge in [0.05, 0.1) is 16.6 Å². The van der Waals surface area contributed by atoms with Crippen molar-refractivity contribution in [2.45, 2.75) is 19.3 Å². The van der Waals surface area contributed by atoms with Crippen LogP contribution >= 0.6 is 0 Å². The molecule has 0 fully saturated rings. The fourth-order valence-electron chi connectivity index (χ4n) is 6.70. The smallest absolute Gasteiger partial charge is 0.0639 e. The van der Waals surface area contributed by atoms with Gasteiger partial charge in [0.1, 0.15) is 0 Å². The lowest BCUT2D eigenvalue weighted by atomic mass is 9.85. The summed E-state index contributed by atoms with van der Waals surface area (Å²) in [5.74, 6) is 0. The van der Waals surface area contributed by atoms with Crippen molar-refractivity contribution in [2.75, 3.05) is 0 Å². The molecule has 3 heterocycles. The Morgan fingerprint density at radius 2 is 1.34 bits per heavy atom. The highest BCUT2D eigenvalue weighted by molar-refractivity contribution is 6.31. The minimum atomic E-state index is -0.0746. The van der Waals surface area contributed by atoms with Crippen molar-refractivity contribution in [3.63, 3.8) is 0 Å². The molecule has 0 N–H and O–H groups in total. The monoisotopic (exact) mass is 410 g/mol. The zero-order valence-corrected chi connectivity index (χ0v) is 18.4. The average Bonchev–Trinajstić information content (AvgIpc) is 3.36. The van der Waals surface area contributed by atoms with E-state index in [9.17, 15) is 0 Å². The first-order chi connectivity index (χ1) is 15.6. The van der Waals surface area contributed by atoms with Gasteiger partial charge in [-0.15, -0.1) is 0 Å². The van der Waals surface area contributed by atoms with E-state index in [2.05, 4.69) is 109 Å². The maximum Gasteiger partial charge on any atom is 0.0639 e. The van der Waals surface area contributed by atoms with E-state index in [1.165, 1.54) is 71.4 Å². The minimum Gasteiger partial charge on any atom is -0.344 e. The van der Waals surface area contributed by atoms with Gasteiger partial charge >= 0.3 is 0 Å². The van der Waals surface area contributed by atoms with Crippen molar-refractivity contribution in [1.82, 2.24) is 8.97 Å². The third-order valence-corrected chi connectivity index (χ3v) is 8.02. The van der Waals surface area contributed by atoms with Crippen LogP contribution in [0.2, 0.25) is 0 Å². The molecule has 0 saturated heterocycles. The predicted octanol–water partition coefficient (Wildman–Crippen LogP) is 7.63. The Bertz CT molecular complexity index is 1910. The van der Waals surface area contributed by atoms with E-state index >= 15 is 0 Å². The average molecular weight is 411 g/mol. The lowest BCUT2D eigenvalue weighted by molar-refractivity contribution is 0.633. The van der Waals surface area contributed by atoms with Crippen LogP contribution in [-0.2, 0) is 12.5 Å². The van der Waals surface area contributed by atoms with Gasteiger partial charge in [0.25, 0.3) is 0 Å². The summed E-state index contributed by atoms with van der Waals surface area (Å²) >= 11 is 0. The van der Waals surface area contributed by atoms with E-state index in [1.54, 1.807) is 0 Å². The third-order valence-electron chi connectivity index (χ3n) is 8.02. The first-order valence-corrected chi connectivity index (χ1v) is 11.4. The second-order valence-electron chi connectivity index (χ2n) is 9.86. The molecule has 32 heavy (non-hydrogen) atoms. The summed E-state index contributed by atoms with van der Waals surface area (Å²) in [5, 5.41) is 6.78. The van der Waals surface area contributed by atoms with E-state index in [0.29, 0.717) is 0 Å². The molecule has 0 radical (unpaired) electrons. The van der Waals surface area contributed by atoms with E-state index in [-0.39, 0.29) is 5.41 Å². The van der Waals surface area contributed by atoms with E-state index < -0.39 is 0 Å². The zero-order chi connectivity index (χ0) is 21.4. The van der Waals surface area contributed by atoms with Crippen LogP contribution in [0.5, 0.6) is 0 Å². The molecule has 0 atom stereocenters. The summed E-state index contributed by atoms with van der Waals surface area (Å²) in [6.45, 7) is 4.77. The van der Waals surface area contributed by atoms with Gasteiger partial charge in [-0.3, -0.25) is 0 Å². The number of aryl methyl sites for hydroxylation is 1. The molecule has 0 saturated carbocycles. The number of nitrogens with zero attached hydrogens (tertiary/aromatic N) is 2. The fourth-order valence-corrected chi connectivity index (χ4v) is 6.70. The minimum absolute atomic E-state index is 0.0746. The van der Waals surface area contributed by atoms with Gasteiger partial charge in [0, 0.05) is 50.8 Å². The lowest BCUT2D eigenvalue weighted by Crippen LogP contribution is -2.17. The van der Waals surface area contributed by atoms with Crippen molar-refractivity contribution in [3.05, 3.63) is 90.1 Å². The summed E-state index contributed by atoms with van der Waals surface area (Å²) in [7, 11) is 2.20. The van der Waals surface area contributed by atoms with Crippen LogP contribution < -0.4 is 0 Å². The van der Waals surface area contributed by atoms with Gasteiger partial charge in [0.2, 0.25) is 0 Å². The lowest BCUT2D eigenvalue weighted by Gasteiger charge is -2.22. The molecule has 0 amide bonds. The maximum absolute atomic E-state index is 2.60. The third kappa shape index (κ3) is 1.63. The van der Waals surface area contributed by atoms with Gasteiger partial charge in [-0.2, -0.15) is 0 Å². The molecule has 7 aromatic rings. The van der Waals surface area contributed by atoms with Crippen molar-refractivity contribution in [3.8, 4) is 11.1 Å². The Morgan fingerprint density at radius 3 is 2.25 bits per heavy atom. The SMILES string of the molecule is Cn1c2cccc3c4ccccc4n4c5c(c6ccc1c(c32)c64)-c1ccccc1C5(C)C. The first-order valence-electron chi connectivity index (χ1n) is 11.4. The summed E-state index contributed by atoms with van der Waals surface area (Å²) in [6, 6.07) is 29.4. The van der Waals surface area contributed by atoms with Crippen LogP contribution in [0.1, 0.15) is 25.1 Å². The largest absolute Gasteiger partial charge is 0.344 e. The second kappa shape index (κ2) is 5.16. The first kappa shape index (κ1) is 16.9. The zero-order valence-electron chi connectivity index (χ0n) is 18.4. The Labute approximate surface area is 185 Å². The van der Waals surface area contributed by atoms with Gasteiger partial charge < -0.3 is 8.97 Å². The Kier molecular flexibility index (Phi) is 2.72. The maximum atomic E-state index is 2.60. The van der Waals surface area contributed by atoms with Crippen molar-refractivity contribution in [2.24, 2.45) is 7.05 Å². The van der Waals surface area contributed by atoms with Crippen LogP contribution in [0.15, 0.2) is 78.9 Å². The predicted molar refractivity (Wildman–Crippen MR) is 135 cm³/mol. The van der Waals surface area contributed by atoms with E-state index in [0.717, 1.165) is 0 Å². The van der Waals surface area contributed by atoms with E-state index in [1.807, 2.05) is 0 Å². The quantitative estimate of drug-likeness (QED) is 0.243. The highest BCUT2D eigenvalue weighted by Gasteiger charge is 2.40. The highest BCUT2D eigenvalue weighted by atomic mass is 15.0. The molecule has 4 aromatic carbocycles. The number of aromatic nitrogens is 2. The molecule has 152 valence electrons. The number of fused-ring (bicyclic) bond motifs is 8. The van der Waals surface area contributed by atoms with Crippen molar-refractivity contribution >= 4 is 49.0 Å². The highest BCUT2D eigenvalue weighted by Crippen LogP contribution is 2.55. The van der Waals surface area contributed by atoms with Gasteiger partial charge in [-0.05, 0) is 34.7 Å². The number of hydrogen-bond acceptors (Lipinski definition) is 0. The molecule has 2 nitrogen and oxygen atoms in total. The molecule has 0 aliphatic heterocycles. The van der Waals surface area contributed by atoms with Crippen molar-refractivity contribution < 1.29 is 0 Å². The Balaban J connectivity index is 1.83. The molecule has 0 unspecified atom stereocenters. The molecular formula is C30H22N2. The van der Waals surface area contributed by atoms with Crippen LogP contribution in [0.3, 0.4) is 0 Å². The molecule has 1 aliphatic carbocycles. The van der Waals surface area contributed by atoms with Crippen LogP contribution in [-0.4, -0.2) is 8.97 Å². The van der Waals surface area contributed by atoms with Crippen LogP contribution in [0.25, 0.3) is 60.1 Å². The van der Waals surface area contributed by atoms with Gasteiger partial charge in [-0.1, -0.05) is 74.5 Å². The number of rotatable bonds is 0. The molecule has 8 rings (SSSR count).